The lowest BCUT2D eigenvalue weighted by atomic mass is 9.93. The lowest BCUT2D eigenvalue weighted by Gasteiger charge is -2.32. The zero-order valence-corrected chi connectivity index (χ0v) is 17.8. The van der Waals surface area contributed by atoms with Crippen LogP contribution in [0.2, 0.25) is 0 Å². The maximum absolute atomic E-state index is 12.7. The van der Waals surface area contributed by atoms with Crippen LogP contribution in [0.3, 0.4) is 0 Å². The maximum atomic E-state index is 12.7. The van der Waals surface area contributed by atoms with E-state index in [1.807, 2.05) is 11.9 Å². The van der Waals surface area contributed by atoms with Crippen LogP contribution in [0.4, 0.5) is 24.7 Å². The number of aliphatic hydroxyl groups is 1. The second-order valence-corrected chi connectivity index (χ2v) is 8.28. The summed E-state index contributed by atoms with van der Waals surface area (Å²) >= 11 is 0. The number of hydrogen-bond acceptors (Lipinski definition) is 8. The third-order valence-corrected chi connectivity index (χ3v) is 5.90. The van der Waals surface area contributed by atoms with Gasteiger partial charge in [-0.3, -0.25) is 0 Å². The lowest BCUT2D eigenvalue weighted by Crippen LogP contribution is -2.33. The minimum absolute atomic E-state index is 0.126. The number of fused-ring (bicyclic) bond motifs is 3. The summed E-state index contributed by atoms with van der Waals surface area (Å²) in [5.74, 6) is 0.993. The fourth-order valence-corrected chi connectivity index (χ4v) is 4.28. The molecule has 3 aromatic rings. The quantitative estimate of drug-likeness (QED) is 0.608. The van der Waals surface area contributed by atoms with Crippen LogP contribution < -0.4 is 19.7 Å². The molecule has 0 atom stereocenters. The Balaban J connectivity index is 1.58. The summed E-state index contributed by atoms with van der Waals surface area (Å²) in [5.41, 5.74) is 1.50. The average molecular weight is 464 g/mol. The number of rotatable bonds is 4. The van der Waals surface area contributed by atoms with Crippen molar-refractivity contribution < 1.29 is 27.8 Å². The van der Waals surface area contributed by atoms with Gasteiger partial charge in [-0.1, -0.05) is 12.1 Å². The van der Waals surface area contributed by atoms with Crippen molar-refractivity contribution in [2.45, 2.75) is 44.2 Å². The Morgan fingerprint density at radius 2 is 1.97 bits per heavy atom. The van der Waals surface area contributed by atoms with Crippen LogP contribution in [0.15, 0.2) is 24.3 Å². The van der Waals surface area contributed by atoms with E-state index in [-0.39, 0.29) is 23.7 Å². The van der Waals surface area contributed by atoms with Crippen molar-refractivity contribution in [2.24, 2.45) is 0 Å². The maximum Gasteiger partial charge on any atom is 0.573 e. The number of aromatic nitrogens is 4. The molecular formula is C21H23F3N6O3. The number of nitrogens with one attached hydrogen (secondary N) is 1. The molecule has 1 saturated carbocycles. The summed E-state index contributed by atoms with van der Waals surface area (Å²) in [6.07, 6.45) is -2.07. The third kappa shape index (κ3) is 4.34. The first-order chi connectivity index (χ1) is 15.8. The number of likely N-dealkylation sites (N-methyl/N-ethyl adjacent to an activating group) is 1. The molecule has 5 rings (SSSR count). The van der Waals surface area contributed by atoms with Crippen LogP contribution in [0.25, 0.3) is 17.0 Å². The van der Waals surface area contributed by atoms with Crippen molar-refractivity contribution in [1.82, 2.24) is 19.8 Å². The fourth-order valence-electron chi connectivity index (χ4n) is 4.28. The van der Waals surface area contributed by atoms with Gasteiger partial charge in [0, 0.05) is 18.7 Å². The van der Waals surface area contributed by atoms with E-state index in [0.717, 1.165) is 18.5 Å². The van der Waals surface area contributed by atoms with Crippen LogP contribution in [-0.2, 0) is 0 Å². The van der Waals surface area contributed by atoms with E-state index in [1.54, 1.807) is 6.07 Å². The van der Waals surface area contributed by atoms with Crippen molar-refractivity contribution in [3.05, 3.63) is 24.3 Å². The van der Waals surface area contributed by atoms with E-state index in [9.17, 15) is 18.3 Å². The van der Waals surface area contributed by atoms with Gasteiger partial charge in [-0.2, -0.15) is 4.52 Å². The smallest absolute Gasteiger partial charge is 0.486 e. The Bertz CT molecular complexity index is 1160. The largest absolute Gasteiger partial charge is 0.573 e. The van der Waals surface area contributed by atoms with Crippen molar-refractivity contribution in [1.29, 1.82) is 0 Å². The molecule has 1 aromatic carbocycles. The molecule has 0 saturated heterocycles. The summed E-state index contributed by atoms with van der Waals surface area (Å²) in [6.45, 7) is 1.12. The highest BCUT2D eigenvalue weighted by Crippen LogP contribution is 2.41. The summed E-state index contributed by atoms with van der Waals surface area (Å²) < 4.78 is 49.5. The molecule has 1 fully saturated rings. The fraction of sp³-hybridized carbons (Fsp3) is 0.476. The van der Waals surface area contributed by atoms with Gasteiger partial charge >= 0.3 is 6.36 Å². The van der Waals surface area contributed by atoms with Gasteiger partial charge in [-0.25, -0.2) is 0 Å². The number of alkyl halides is 3. The average Bonchev–Trinajstić information content (AvgIpc) is 3.18. The minimum Gasteiger partial charge on any atom is -0.486 e. The van der Waals surface area contributed by atoms with Gasteiger partial charge in [0.05, 0.1) is 12.6 Å². The molecule has 0 unspecified atom stereocenters. The molecule has 176 valence electrons. The van der Waals surface area contributed by atoms with Crippen LogP contribution in [0.1, 0.15) is 25.7 Å². The Labute approximate surface area is 187 Å². The third-order valence-electron chi connectivity index (χ3n) is 5.90. The highest BCUT2D eigenvalue weighted by molar-refractivity contribution is 5.82. The summed E-state index contributed by atoms with van der Waals surface area (Å²) in [4.78, 5) is 2.03. The van der Waals surface area contributed by atoms with Gasteiger partial charge in [0.1, 0.15) is 18.0 Å². The van der Waals surface area contributed by atoms with E-state index in [1.165, 1.54) is 22.7 Å². The first-order valence-corrected chi connectivity index (χ1v) is 10.7. The number of halogens is 3. The van der Waals surface area contributed by atoms with Crippen LogP contribution in [-0.4, -0.2) is 63.6 Å². The Morgan fingerprint density at radius 1 is 1.18 bits per heavy atom. The van der Waals surface area contributed by atoms with Crippen molar-refractivity contribution >= 4 is 17.2 Å². The van der Waals surface area contributed by atoms with Crippen LogP contribution >= 0.6 is 0 Å². The van der Waals surface area contributed by atoms with Gasteiger partial charge in [0.15, 0.2) is 17.4 Å². The first kappa shape index (κ1) is 21.6. The minimum atomic E-state index is -4.80. The highest BCUT2D eigenvalue weighted by Gasteiger charge is 2.32. The predicted molar refractivity (Wildman–Crippen MR) is 114 cm³/mol. The molecule has 2 aromatic heterocycles. The number of benzene rings is 1. The molecule has 0 amide bonds. The van der Waals surface area contributed by atoms with E-state index >= 15 is 0 Å². The second-order valence-electron chi connectivity index (χ2n) is 8.28. The second kappa shape index (κ2) is 8.25. The lowest BCUT2D eigenvalue weighted by molar-refractivity contribution is -0.274. The molecule has 9 nitrogen and oxygen atoms in total. The van der Waals surface area contributed by atoms with Crippen molar-refractivity contribution in [3.63, 3.8) is 0 Å². The predicted octanol–water partition coefficient (Wildman–Crippen LogP) is 3.23. The van der Waals surface area contributed by atoms with Gasteiger partial charge in [0.25, 0.3) is 0 Å². The zero-order chi connectivity index (χ0) is 23.2. The number of ether oxygens (including phenoxy) is 2. The zero-order valence-electron chi connectivity index (χ0n) is 17.8. The standard InChI is InChI=1S/C21H23F3N6O3/c1-29-9-10-32-17-16(29)18(25-13-5-7-14(31)8-6-13)28-30-19(26-27-20(17)30)12-3-2-4-15(11-12)33-21(22,23)24/h2-4,11,13-14,31H,5-10H2,1H3,(H,25,28). The molecule has 1 aliphatic heterocycles. The van der Waals surface area contributed by atoms with Gasteiger partial charge < -0.3 is 24.8 Å². The summed E-state index contributed by atoms with van der Waals surface area (Å²) in [5, 5.41) is 26.4. The number of hydrogen-bond donors (Lipinski definition) is 2. The Kier molecular flexibility index (Phi) is 5.39. The molecular weight excluding hydrogens is 441 g/mol. The Morgan fingerprint density at radius 3 is 2.73 bits per heavy atom. The van der Waals surface area contributed by atoms with Gasteiger partial charge in [-0.15, -0.1) is 28.5 Å². The molecule has 33 heavy (non-hydrogen) atoms. The Hall–Kier alpha value is -3.28. The first-order valence-electron chi connectivity index (χ1n) is 10.7. The van der Waals surface area contributed by atoms with Crippen LogP contribution in [0, 0.1) is 0 Å². The van der Waals surface area contributed by atoms with E-state index < -0.39 is 6.36 Å². The molecule has 2 aliphatic rings. The van der Waals surface area contributed by atoms with E-state index in [4.69, 9.17) is 9.84 Å². The molecule has 0 bridgehead atoms. The van der Waals surface area contributed by atoms with Gasteiger partial charge in [0.2, 0.25) is 5.65 Å². The van der Waals surface area contributed by atoms with E-state index in [2.05, 4.69) is 20.3 Å². The summed E-state index contributed by atoms with van der Waals surface area (Å²) in [6, 6.07) is 5.66. The monoisotopic (exact) mass is 464 g/mol. The van der Waals surface area contributed by atoms with Crippen molar-refractivity contribution in [2.75, 3.05) is 30.4 Å². The van der Waals surface area contributed by atoms with E-state index in [0.29, 0.717) is 48.8 Å². The van der Waals surface area contributed by atoms with Gasteiger partial charge in [-0.05, 0) is 37.8 Å². The number of anilines is 2. The molecule has 0 radical (unpaired) electrons. The molecule has 3 heterocycles. The topological polar surface area (TPSA) is 97.0 Å². The highest BCUT2D eigenvalue weighted by atomic mass is 19.4. The molecule has 2 N–H and O–H groups in total. The van der Waals surface area contributed by atoms with Crippen molar-refractivity contribution in [3.8, 4) is 22.9 Å². The molecule has 12 heteroatoms. The normalized spacial score (nSPS) is 20.9. The number of aliphatic hydroxyl groups excluding tert-OH is 1. The molecule has 0 spiro atoms. The molecule has 1 aliphatic carbocycles. The van der Waals surface area contributed by atoms with Crippen LogP contribution in [0.5, 0.6) is 11.5 Å². The number of nitrogens with zero attached hydrogens (tertiary/aromatic N) is 5. The SMILES string of the molecule is CN1CCOc2c1c(NC1CCC(O)CC1)nn1c(-c3cccc(OC(F)(F)F)c3)nnc21. The summed E-state index contributed by atoms with van der Waals surface area (Å²) in [7, 11) is 1.94.